The fourth-order valence-corrected chi connectivity index (χ4v) is 2.14. The molecule has 1 aromatic carbocycles. The molecule has 0 saturated heterocycles. The summed E-state index contributed by atoms with van der Waals surface area (Å²) in [5, 5.41) is 13.7. The Labute approximate surface area is 122 Å². The summed E-state index contributed by atoms with van der Waals surface area (Å²) < 4.78 is 13.5. The zero-order chi connectivity index (χ0) is 15.3. The largest absolute Gasteiger partial charge is 0.376 e. The van der Waals surface area contributed by atoms with Gasteiger partial charge in [0.05, 0.1) is 9.95 Å². The summed E-state index contributed by atoms with van der Waals surface area (Å²) in [6.45, 7) is 8.48. The van der Waals surface area contributed by atoms with Crippen molar-refractivity contribution in [3.63, 3.8) is 0 Å². The second-order valence-electron chi connectivity index (χ2n) is 4.57. The Morgan fingerprint density at radius 2 is 2.05 bits per heavy atom. The van der Waals surface area contributed by atoms with Gasteiger partial charge >= 0.3 is 0 Å². The highest BCUT2D eigenvalue weighted by Crippen LogP contribution is 2.30. The first-order chi connectivity index (χ1) is 9.38. The van der Waals surface area contributed by atoms with E-state index < -0.39 is 10.7 Å². The van der Waals surface area contributed by atoms with Crippen LogP contribution in [0.4, 0.5) is 15.8 Å². The first-order valence-corrected chi connectivity index (χ1v) is 6.89. The Kier molecular flexibility index (Phi) is 6.16. The predicted octanol–water partition coefficient (Wildman–Crippen LogP) is 3.53. The van der Waals surface area contributed by atoms with E-state index in [1.54, 1.807) is 0 Å². The van der Waals surface area contributed by atoms with Crippen molar-refractivity contribution in [2.45, 2.75) is 26.8 Å². The summed E-state index contributed by atoms with van der Waals surface area (Å²) in [4.78, 5) is 12.6. The standard InChI is InChI=1S/C13H19ClFN3O2/c1-4-17(5-2)8-9(3)16-12-7-11(15)10(14)6-13(12)18(19)20/h6-7,9,16H,4-5,8H2,1-3H3. The molecule has 0 aliphatic carbocycles. The van der Waals surface area contributed by atoms with Gasteiger partial charge in [0, 0.05) is 24.7 Å². The molecule has 5 nitrogen and oxygen atoms in total. The van der Waals surface area contributed by atoms with Crippen LogP contribution in [0.3, 0.4) is 0 Å². The zero-order valence-electron chi connectivity index (χ0n) is 11.8. The highest BCUT2D eigenvalue weighted by Gasteiger charge is 2.19. The molecule has 0 amide bonds. The van der Waals surface area contributed by atoms with Crippen molar-refractivity contribution in [1.82, 2.24) is 4.90 Å². The maximum atomic E-state index is 13.5. The van der Waals surface area contributed by atoms with Gasteiger partial charge in [-0.25, -0.2) is 4.39 Å². The Bertz CT molecular complexity index is 481. The molecule has 0 radical (unpaired) electrons. The molecule has 0 aliphatic rings. The van der Waals surface area contributed by atoms with Crippen molar-refractivity contribution in [2.75, 3.05) is 25.0 Å². The second kappa shape index (κ2) is 7.40. The topological polar surface area (TPSA) is 58.4 Å². The van der Waals surface area contributed by atoms with Gasteiger partial charge in [-0.15, -0.1) is 0 Å². The normalized spacial score (nSPS) is 12.5. The third-order valence-electron chi connectivity index (χ3n) is 3.06. The molecule has 0 aromatic heterocycles. The van der Waals surface area contributed by atoms with E-state index >= 15 is 0 Å². The summed E-state index contributed by atoms with van der Waals surface area (Å²) in [6.07, 6.45) is 0. The number of hydrogen-bond donors (Lipinski definition) is 1. The lowest BCUT2D eigenvalue weighted by Gasteiger charge is -2.24. The monoisotopic (exact) mass is 303 g/mol. The van der Waals surface area contributed by atoms with Gasteiger partial charge in [0.2, 0.25) is 0 Å². The number of halogens is 2. The van der Waals surface area contributed by atoms with Crippen molar-refractivity contribution in [3.05, 3.63) is 33.1 Å². The number of likely N-dealkylation sites (N-methyl/N-ethyl adjacent to an activating group) is 1. The molecular formula is C13H19ClFN3O2. The van der Waals surface area contributed by atoms with Gasteiger partial charge in [-0.3, -0.25) is 10.1 Å². The number of nitro benzene ring substituents is 1. The lowest BCUT2D eigenvalue weighted by Crippen LogP contribution is -2.34. The summed E-state index contributed by atoms with van der Waals surface area (Å²) in [5.74, 6) is -0.671. The molecule has 1 rings (SSSR count). The van der Waals surface area contributed by atoms with E-state index in [2.05, 4.69) is 10.2 Å². The lowest BCUT2D eigenvalue weighted by molar-refractivity contribution is -0.384. The van der Waals surface area contributed by atoms with Crippen LogP contribution >= 0.6 is 11.6 Å². The molecule has 7 heteroatoms. The number of hydrogen-bond acceptors (Lipinski definition) is 4. The van der Waals surface area contributed by atoms with E-state index in [9.17, 15) is 14.5 Å². The molecule has 0 heterocycles. The second-order valence-corrected chi connectivity index (χ2v) is 4.98. The molecule has 0 bridgehead atoms. The van der Waals surface area contributed by atoms with Crippen molar-refractivity contribution in [3.8, 4) is 0 Å². The minimum Gasteiger partial charge on any atom is -0.376 e. The van der Waals surface area contributed by atoms with E-state index in [1.807, 2.05) is 20.8 Å². The van der Waals surface area contributed by atoms with Crippen molar-refractivity contribution >= 4 is 23.0 Å². The summed E-state index contributed by atoms with van der Waals surface area (Å²) in [5.41, 5.74) is -0.0700. The molecule has 0 fully saturated rings. The Balaban J connectivity index is 2.90. The summed E-state index contributed by atoms with van der Waals surface area (Å²) in [6, 6.07) is 2.05. The minimum absolute atomic E-state index is 0.0471. The SMILES string of the molecule is CCN(CC)CC(C)Nc1cc(F)c(Cl)cc1[N+](=O)[O-]. The molecule has 0 saturated carbocycles. The smallest absolute Gasteiger partial charge is 0.294 e. The van der Waals surface area contributed by atoms with E-state index in [1.165, 1.54) is 0 Å². The quantitative estimate of drug-likeness (QED) is 0.618. The van der Waals surface area contributed by atoms with E-state index in [-0.39, 0.29) is 22.4 Å². The Morgan fingerprint density at radius 3 is 2.55 bits per heavy atom. The number of rotatable bonds is 7. The number of nitrogens with one attached hydrogen (secondary N) is 1. The zero-order valence-corrected chi connectivity index (χ0v) is 12.6. The maximum absolute atomic E-state index is 13.5. The number of benzene rings is 1. The van der Waals surface area contributed by atoms with Gasteiger partial charge in [0.15, 0.2) is 0 Å². The van der Waals surface area contributed by atoms with Gasteiger partial charge in [-0.1, -0.05) is 25.4 Å². The van der Waals surface area contributed by atoms with Crippen LogP contribution in [0.1, 0.15) is 20.8 Å². The summed E-state index contributed by atoms with van der Waals surface area (Å²) in [7, 11) is 0. The van der Waals surface area contributed by atoms with Gasteiger partial charge < -0.3 is 10.2 Å². The molecule has 1 aromatic rings. The predicted molar refractivity (Wildman–Crippen MR) is 78.9 cm³/mol. The minimum atomic E-state index is -0.671. The van der Waals surface area contributed by atoms with Gasteiger partial charge in [-0.05, 0) is 20.0 Å². The fraction of sp³-hybridized carbons (Fsp3) is 0.538. The number of nitro groups is 1. The van der Waals surface area contributed by atoms with Gasteiger partial charge in [0.25, 0.3) is 5.69 Å². The van der Waals surface area contributed by atoms with Crippen LogP contribution < -0.4 is 5.32 Å². The van der Waals surface area contributed by atoms with Gasteiger partial charge in [-0.2, -0.15) is 0 Å². The van der Waals surface area contributed by atoms with Gasteiger partial charge in [0.1, 0.15) is 11.5 Å². The first kappa shape index (κ1) is 16.7. The molecule has 20 heavy (non-hydrogen) atoms. The van der Waals surface area contributed by atoms with Crippen LogP contribution in [0.2, 0.25) is 5.02 Å². The molecule has 0 spiro atoms. The molecule has 0 aliphatic heterocycles. The van der Waals surface area contributed by atoms with Crippen molar-refractivity contribution in [2.24, 2.45) is 0 Å². The average molecular weight is 304 g/mol. The van der Waals surface area contributed by atoms with E-state index in [0.29, 0.717) is 6.54 Å². The highest BCUT2D eigenvalue weighted by atomic mass is 35.5. The molecule has 1 atom stereocenters. The highest BCUT2D eigenvalue weighted by molar-refractivity contribution is 6.31. The maximum Gasteiger partial charge on any atom is 0.294 e. The van der Waals surface area contributed by atoms with Crippen molar-refractivity contribution in [1.29, 1.82) is 0 Å². The van der Waals surface area contributed by atoms with E-state index in [0.717, 1.165) is 25.2 Å². The number of nitrogens with zero attached hydrogens (tertiary/aromatic N) is 2. The molecule has 112 valence electrons. The van der Waals surface area contributed by atoms with E-state index in [4.69, 9.17) is 11.6 Å². The van der Waals surface area contributed by atoms with Crippen LogP contribution in [0, 0.1) is 15.9 Å². The Hall–Kier alpha value is -1.40. The van der Waals surface area contributed by atoms with Crippen LogP contribution in [0.25, 0.3) is 0 Å². The third kappa shape index (κ3) is 4.31. The Morgan fingerprint density at radius 1 is 1.45 bits per heavy atom. The summed E-state index contributed by atoms with van der Waals surface area (Å²) >= 11 is 5.58. The van der Waals surface area contributed by atoms with Crippen LogP contribution in [0.5, 0.6) is 0 Å². The lowest BCUT2D eigenvalue weighted by atomic mass is 10.2. The average Bonchev–Trinajstić information content (AvgIpc) is 2.39. The molecule has 1 N–H and O–H groups in total. The molecular weight excluding hydrogens is 285 g/mol. The van der Waals surface area contributed by atoms with Crippen molar-refractivity contribution < 1.29 is 9.31 Å². The number of anilines is 1. The molecule has 1 unspecified atom stereocenters. The third-order valence-corrected chi connectivity index (χ3v) is 3.35. The van der Waals surface area contributed by atoms with Crippen LogP contribution in [-0.4, -0.2) is 35.5 Å². The fourth-order valence-electron chi connectivity index (χ4n) is 1.98. The van der Waals surface area contributed by atoms with Crippen LogP contribution in [0.15, 0.2) is 12.1 Å². The first-order valence-electron chi connectivity index (χ1n) is 6.51. The van der Waals surface area contributed by atoms with Crippen LogP contribution in [-0.2, 0) is 0 Å².